The summed E-state index contributed by atoms with van der Waals surface area (Å²) in [6.07, 6.45) is -2.71. The molecular weight excluding hydrogens is 255 g/mol. The van der Waals surface area contributed by atoms with Crippen LogP contribution >= 0.6 is 0 Å². The van der Waals surface area contributed by atoms with Gasteiger partial charge < -0.3 is 14.4 Å². The maximum atomic E-state index is 12.6. The molecule has 0 bridgehead atoms. The van der Waals surface area contributed by atoms with E-state index in [9.17, 15) is 13.9 Å². The lowest BCUT2D eigenvalue weighted by atomic mass is 9.83. The Morgan fingerprint density at radius 1 is 1.16 bits per heavy atom. The Kier molecular flexibility index (Phi) is 3.30. The third-order valence-electron chi connectivity index (χ3n) is 3.62. The lowest BCUT2D eigenvalue weighted by molar-refractivity contribution is 0.00578. The summed E-state index contributed by atoms with van der Waals surface area (Å²) in [5.41, 5.74) is -1.67. The molecule has 1 N–H and O–H groups in total. The van der Waals surface area contributed by atoms with E-state index in [1.807, 2.05) is 27.7 Å². The molecule has 0 radical (unpaired) electrons. The van der Waals surface area contributed by atoms with Crippen molar-refractivity contribution in [2.75, 3.05) is 0 Å². The van der Waals surface area contributed by atoms with E-state index in [1.54, 1.807) is 0 Å². The van der Waals surface area contributed by atoms with Crippen LogP contribution in [0.15, 0.2) is 12.1 Å². The Bertz CT molecular complexity index is 478. The van der Waals surface area contributed by atoms with Crippen molar-refractivity contribution in [1.29, 1.82) is 0 Å². The molecule has 1 aliphatic rings. The van der Waals surface area contributed by atoms with Crippen LogP contribution in [0.3, 0.4) is 0 Å². The van der Waals surface area contributed by atoms with Gasteiger partial charge >= 0.3 is 7.12 Å². The minimum atomic E-state index is -2.71. The van der Waals surface area contributed by atoms with E-state index in [1.165, 1.54) is 6.07 Å². The average molecular weight is 271 g/mol. The van der Waals surface area contributed by atoms with Gasteiger partial charge in [-0.05, 0) is 39.8 Å². The summed E-state index contributed by atoms with van der Waals surface area (Å²) in [6, 6.07) is 2.25. The number of halogens is 2. The van der Waals surface area contributed by atoms with Crippen molar-refractivity contribution in [2.24, 2.45) is 0 Å². The fourth-order valence-corrected chi connectivity index (χ4v) is 1.73. The summed E-state index contributed by atoms with van der Waals surface area (Å²) < 4.78 is 36.6. The van der Waals surface area contributed by atoms with Crippen LogP contribution < -0.4 is 5.59 Å². The highest BCUT2D eigenvalue weighted by Gasteiger charge is 2.53. The zero-order chi connectivity index (χ0) is 14.4. The molecule has 4 nitrogen and oxygen atoms in total. The minimum Gasteiger partial charge on any atom is -0.507 e. The molecule has 0 aliphatic carbocycles. The molecule has 0 atom stereocenters. The summed E-state index contributed by atoms with van der Waals surface area (Å²) in [6.45, 7) is 7.34. The number of hydrogen-bond donors (Lipinski definition) is 1. The molecule has 0 spiro atoms. The number of aromatic nitrogens is 1. The van der Waals surface area contributed by atoms with Gasteiger partial charge in [-0.2, -0.15) is 0 Å². The minimum absolute atomic E-state index is 0.0172. The Labute approximate surface area is 110 Å². The summed E-state index contributed by atoms with van der Waals surface area (Å²) in [4.78, 5) is 3.73. The van der Waals surface area contributed by atoms with E-state index >= 15 is 0 Å². The van der Waals surface area contributed by atoms with Crippen LogP contribution in [0.1, 0.15) is 39.8 Å². The monoisotopic (exact) mass is 271 g/mol. The fraction of sp³-hybridized carbons (Fsp3) is 0.583. The molecule has 104 valence electrons. The van der Waals surface area contributed by atoms with Gasteiger partial charge in [0.2, 0.25) is 0 Å². The summed E-state index contributed by atoms with van der Waals surface area (Å²) in [7, 11) is -0.955. The Morgan fingerprint density at radius 3 is 2.16 bits per heavy atom. The van der Waals surface area contributed by atoms with Crippen LogP contribution in [-0.2, 0) is 9.31 Å². The van der Waals surface area contributed by atoms with Crippen LogP contribution in [-0.4, -0.2) is 28.4 Å². The molecule has 1 aromatic rings. The Morgan fingerprint density at radius 2 is 1.68 bits per heavy atom. The highest BCUT2D eigenvalue weighted by molar-refractivity contribution is 6.62. The number of pyridine rings is 1. The molecule has 0 amide bonds. The van der Waals surface area contributed by atoms with Gasteiger partial charge in [-0.1, -0.05) is 0 Å². The zero-order valence-electron chi connectivity index (χ0n) is 11.3. The van der Waals surface area contributed by atoms with E-state index in [4.69, 9.17) is 9.31 Å². The largest absolute Gasteiger partial charge is 0.518 e. The lowest BCUT2D eigenvalue weighted by Gasteiger charge is -2.32. The number of nitrogens with zero attached hydrogens (tertiary/aromatic N) is 1. The van der Waals surface area contributed by atoms with Crippen LogP contribution in [0.2, 0.25) is 0 Å². The first kappa shape index (κ1) is 14.2. The van der Waals surface area contributed by atoms with Crippen LogP contribution in [0.25, 0.3) is 0 Å². The van der Waals surface area contributed by atoms with E-state index in [0.717, 1.165) is 6.07 Å². The fourth-order valence-electron chi connectivity index (χ4n) is 1.73. The second-order valence-electron chi connectivity index (χ2n) is 5.53. The predicted molar refractivity (Wildman–Crippen MR) is 66.6 cm³/mol. The third-order valence-corrected chi connectivity index (χ3v) is 3.62. The van der Waals surface area contributed by atoms with Crippen molar-refractivity contribution in [3.05, 3.63) is 17.8 Å². The van der Waals surface area contributed by atoms with Gasteiger partial charge in [0.25, 0.3) is 6.43 Å². The average Bonchev–Trinajstić information content (AvgIpc) is 2.48. The smallest absolute Gasteiger partial charge is 0.507 e. The first-order chi connectivity index (χ1) is 8.64. The molecule has 1 aromatic heterocycles. The molecule has 19 heavy (non-hydrogen) atoms. The van der Waals surface area contributed by atoms with Crippen LogP contribution in [0.5, 0.6) is 5.75 Å². The maximum absolute atomic E-state index is 12.6. The highest BCUT2D eigenvalue weighted by atomic mass is 19.3. The first-order valence-electron chi connectivity index (χ1n) is 5.97. The summed E-state index contributed by atoms with van der Waals surface area (Å²) in [5.74, 6) is -0.220. The van der Waals surface area contributed by atoms with Crippen molar-refractivity contribution in [1.82, 2.24) is 4.98 Å². The number of alkyl halides is 2. The molecule has 1 saturated heterocycles. The highest BCUT2D eigenvalue weighted by Crippen LogP contribution is 2.37. The summed E-state index contributed by atoms with van der Waals surface area (Å²) >= 11 is 0. The van der Waals surface area contributed by atoms with Crippen molar-refractivity contribution in [3.63, 3.8) is 0 Å². The summed E-state index contributed by atoms with van der Waals surface area (Å²) in [5, 5.41) is 9.75. The first-order valence-corrected chi connectivity index (χ1v) is 5.97. The molecule has 2 heterocycles. The van der Waals surface area contributed by atoms with Crippen molar-refractivity contribution in [2.45, 2.75) is 45.3 Å². The lowest BCUT2D eigenvalue weighted by Crippen LogP contribution is -2.41. The van der Waals surface area contributed by atoms with E-state index < -0.39 is 30.4 Å². The van der Waals surface area contributed by atoms with Gasteiger partial charge in [0.1, 0.15) is 17.0 Å². The molecule has 1 aliphatic heterocycles. The second-order valence-corrected chi connectivity index (χ2v) is 5.53. The van der Waals surface area contributed by atoms with E-state index in [0.29, 0.717) is 0 Å². The van der Waals surface area contributed by atoms with Gasteiger partial charge in [0.05, 0.1) is 11.2 Å². The van der Waals surface area contributed by atoms with Gasteiger partial charge in [0.15, 0.2) is 0 Å². The predicted octanol–water partition coefficient (Wildman–Crippen LogP) is 2.02. The number of hydrogen-bond acceptors (Lipinski definition) is 4. The maximum Gasteiger partial charge on any atom is 0.518 e. The van der Waals surface area contributed by atoms with Gasteiger partial charge in [-0.25, -0.2) is 8.78 Å². The molecule has 0 unspecified atom stereocenters. The Hall–Kier alpha value is -1.21. The van der Waals surface area contributed by atoms with E-state index in [-0.39, 0.29) is 11.3 Å². The Balaban J connectivity index is 2.36. The van der Waals surface area contributed by atoms with Gasteiger partial charge in [-0.3, -0.25) is 4.98 Å². The van der Waals surface area contributed by atoms with Crippen molar-refractivity contribution < 1.29 is 23.2 Å². The molecule has 0 aromatic carbocycles. The van der Waals surface area contributed by atoms with Crippen molar-refractivity contribution >= 4 is 12.7 Å². The number of aromatic hydroxyl groups is 1. The molecule has 7 heteroatoms. The van der Waals surface area contributed by atoms with Crippen LogP contribution in [0.4, 0.5) is 8.78 Å². The normalized spacial score (nSPS) is 21.1. The van der Waals surface area contributed by atoms with Gasteiger partial charge in [0, 0.05) is 0 Å². The zero-order valence-corrected chi connectivity index (χ0v) is 11.3. The standard InChI is InChI=1S/C12H16BF2NO3/c1-11(2)12(3,4)19-13(18-11)9-8(17)6-5-7(16-9)10(14)15/h5-6,10,17H,1-4H3. The molecule has 2 rings (SSSR count). The van der Waals surface area contributed by atoms with Crippen molar-refractivity contribution in [3.8, 4) is 5.75 Å². The van der Waals surface area contributed by atoms with Gasteiger partial charge in [-0.15, -0.1) is 0 Å². The molecule has 0 saturated carbocycles. The molecule has 1 fully saturated rings. The van der Waals surface area contributed by atoms with Crippen LogP contribution in [0, 0.1) is 0 Å². The molecular formula is C12H16BF2NO3. The quantitative estimate of drug-likeness (QED) is 0.836. The van der Waals surface area contributed by atoms with E-state index in [2.05, 4.69) is 4.98 Å². The topological polar surface area (TPSA) is 51.6 Å². The number of rotatable bonds is 2. The SMILES string of the molecule is CC1(C)OB(c2nc(C(F)F)ccc2O)OC1(C)C. The third kappa shape index (κ3) is 2.44. The second kappa shape index (κ2) is 4.42.